The number of rotatable bonds is 8. The highest BCUT2D eigenvalue weighted by atomic mass is 127. The van der Waals surface area contributed by atoms with Crippen molar-refractivity contribution < 1.29 is 9.53 Å². The Hall–Kier alpha value is -2.29. The van der Waals surface area contributed by atoms with Gasteiger partial charge in [-0.25, -0.2) is 0 Å². The summed E-state index contributed by atoms with van der Waals surface area (Å²) in [5, 5.41) is 6.60. The lowest BCUT2D eigenvalue weighted by Crippen LogP contribution is -2.37. The Morgan fingerprint density at radius 1 is 1.04 bits per heavy atom. The number of ether oxygens (including phenoxy) is 1. The second-order valence-electron chi connectivity index (χ2n) is 5.99. The molecule has 0 aromatic heterocycles. The molecule has 4 N–H and O–H groups in total. The van der Waals surface area contributed by atoms with Gasteiger partial charge in [-0.15, -0.1) is 24.0 Å². The Balaban J connectivity index is 0.00000364. The monoisotopic (exact) mass is 482 g/mol. The molecule has 0 bridgehead atoms. The fourth-order valence-electron chi connectivity index (χ4n) is 2.34. The summed E-state index contributed by atoms with van der Waals surface area (Å²) in [6.07, 6.45) is 0.849. The average Bonchev–Trinajstić information content (AvgIpc) is 2.65. The van der Waals surface area contributed by atoms with E-state index >= 15 is 0 Å². The summed E-state index contributed by atoms with van der Waals surface area (Å²) in [4.78, 5) is 14.9. The van der Waals surface area contributed by atoms with Crippen molar-refractivity contribution >= 4 is 35.8 Å². The number of benzene rings is 2. The summed E-state index contributed by atoms with van der Waals surface area (Å²) in [6, 6.07) is 16.0. The largest absolute Gasteiger partial charge is 0.484 e. The van der Waals surface area contributed by atoms with Gasteiger partial charge in [-0.05, 0) is 36.6 Å². The number of guanidine groups is 1. The summed E-state index contributed by atoms with van der Waals surface area (Å²) in [7, 11) is 1.76. The Kier molecular flexibility index (Phi) is 10.2. The highest BCUT2D eigenvalue weighted by Crippen LogP contribution is 2.12. The van der Waals surface area contributed by atoms with E-state index in [1.54, 1.807) is 7.05 Å². The van der Waals surface area contributed by atoms with Crippen molar-refractivity contribution in [3.8, 4) is 5.75 Å². The normalized spacial score (nSPS) is 10.7. The maximum absolute atomic E-state index is 10.7. The van der Waals surface area contributed by atoms with Gasteiger partial charge in [-0.3, -0.25) is 9.79 Å². The third kappa shape index (κ3) is 8.76. The molecule has 0 aliphatic carbocycles. The van der Waals surface area contributed by atoms with Crippen LogP contribution in [-0.4, -0.2) is 32.1 Å². The quantitative estimate of drug-likeness (QED) is 0.306. The Labute approximate surface area is 177 Å². The molecule has 0 fully saturated rings. The highest BCUT2D eigenvalue weighted by Gasteiger charge is 2.01. The maximum atomic E-state index is 10.7. The number of primary amides is 1. The molecule has 0 radical (unpaired) electrons. The van der Waals surface area contributed by atoms with Gasteiger partial charge in [-0.2, -0.15) is 0 Å². The van der Waals surface area contributed by atoms with Crippen molar-refractivity contribution in [3.05, 3.63) is 65.2 Å². The van der Waals surface area contributed by atoms with Gasteiger partial charge in [0, 0.05) is 20.1 Å². The molecule has 0 heterocycles. The molecule has 0 aliphatic heterocycles. The number of carbonyl (C=O) groups excluding carboxylic acids is 1. The standard InChI is InChI=1S/C20H26N4O2.HI/c1-15-3-5-17(6-4-15)13-24-20(22-2)23-12-11-16-7-9-18(10-8-16)26-14-19(21)25;/h3-10H,11-14H2,1-2H3,(H2,21,25)(H2,22,23,24);1H. The zero-order chi connectivity index (χ0) is 18.8. The van der Waals surface area contributed by atoms with Crippen LogP contribution >= 0.6 is 24.0 Å². The van der Waals surface area contributed by atoms with Gasteiger partial charge < -0.3 is 21.1 Å². The summed E-state index contributed by atoms with van der Waals surface area (Å²) in [5.74, 6) is 0.922. The molecule has 2 aromatic rings. The molecule has 0 unspecified atom stereocenters. The number of aliphatic imine (C=N–C) groups is 1. The van der Waals surface area contributed by atoms with Gasteiger partial charge in [0.1, 0.15) is 5.75 Å². The van der Waals surface area contributed by atoms with Gasteiger partial charge in [0.2, 0.25) is 0 Å². The van der Waals surface area contributed by atoms with E-state index in [-0.39, 0.29) is 30.6 Å². The van der Waals surface area contributed by atoms with E-state index in [0.717, 1.165) is 31.0 Å². The van der Waals surface area contributed by atoms with Gasteiger partial charge in [0.25, 0.3) is 5.91 Å². The third-order valence-corrected chi connectivity index (χ3v) is 3.81. The number of aryl methyl sites for hydroxylation is 1. The molecule has 0 saturated carbocycles. The van der Waals surface area contributed by atoms with E-state index in [1.165, 1.54) is 11.1 Å². The number of carbonyl (C=O) groups is 1. The number of amides is 1. The lowest BCUT2D eigenvalue weighted by Gasteiger charge is -2.12. The number of halogens is 1. The summed E-state index contributed by atoms with van der Waals surface area (Å²) >= 11 is 0. The molecule has 6 nitrogen and oxygen atoms in total. The van der Waals surface area contributed by atoms with Crippen molar-refractivity contribution in [2.24, 2.45) is 10.7 Å². The molecule has 27 heavy (non-hydrogen) atoms. The van der Waals surface area contributed by atoms with Gasteiger partial charge in [-0.1, -0.05) is 42.0 Å². The first kappa shape index (κ1) is 22.8. The lowest BCUT2D eigenvalue weighted by molar-refractivity contribution is -0.119. The molecule has 0 atom stereocenters. The molecule has 2 rings (SSSR count). The van der Waals surface area contributed by atoms with E-state index in [9.17, 15) is 4.79 Å². The zero-order valence-electron chi connectivity index (χ0n) is 15.7. The smallest absolute Gasteiger partial charge is 0.255 e. The summed E-state index contributed by atoms with van der Waals surface area (Å²) in [6.45, 7) is 3.46. The fraction of sp³-hybridized carbons (Fsp3) is 0.300. The van der Waals surface area contributed by atoms with Crippen LogP contribution in [0.5, 0.6) is 5.75 Å². The average molecular weight is 482 g/mol. The van der Waals surface area contributed by atoms with Gasteiger partial charge in [0.15, 0.2) is 12.6 Å². The van der Waals surface area contributed by atoms with Crippen molar-refractivity contribution in [2.45, 2.75) is 19.9 Å². The Morgan fingerprint density at radius 3 is 2.26 bits per heavy atom. The minimum absolute atomic E-state index is 0. The van der Waals surface area contributed by atoms with Crippen LogP contribution in [-0.2, 0) is 17.8 Å². The minimum atomic E-state index is -0.484. The predicted molar refractivity (Wildman–Crippen MR) is 120 cm³/mol. The first-order valence-electron chi connectivity index (χ1n) is 8.57. The molecule has 2 aromatic carbocycles. The van der Waals surface area contributed by atoms with E-state index in [2.05, 4.69) is 46.8 Å². The Bertz CT molecular complexity index is 731. The number of nitrogens with one attached hydrogen (secondary N) is 2. The number of hydrogen-bond donors (Lipinski definition) is 3. The van der Waals surface area contributed by atoms with Crippen LogP contribution in [0.3, 0.4) is 0 Å². The highest BCUT2D eigenvalue weighted by molar-refractivity contribution is 14.0. The van der Waals surface area contributed by atoms with Crippen molar-refractivity contribution in [1.82, 2.24) is 10.6 Å². The molecule has 0 saturated heterocycles. The summed E-state index contributed by atoms with van der Waals surface area (Å²) < 4.78 is 5.24. The predicted octanol–water partition coefficient (Wildman–Crippen LogP) is 2.38. The second kappa shape index (κ2) is 12.2. The molecular formula is C20H27IN4O2. The Morgan fingerprint density at radius 2 is 1.67 bits per heavy atom. The van der Waals surface area contributed by atoms with E-state index in [1.807, 2.05) is 24.3 Å². The van der Waals surface area contributed by atoms with E-state index in [4.69, 9.17) is 10.5 Å². The van der Waals surface area contributed by atoms with Crippen LogP contribution in [0.4, 0.5) is 0 Å². The van der Waals surface area contributed by atoms with Crippen LogP contribution < -0.4 is 21.1 Å². The summed E-state index contributed by atoms with van der Waals surface area (Å²) in [5.41, 5.74) is 8.69. The van der Waals surface area contributed by atoms with Crippen LogP contribution in [0.1, 0.15) is 16.7 Å². The topological polar surface area (TPSA) is 88.7 Å². The van der Waals surface area contributed by atoms with Gasteiger partial charge in [0.05, 0.1) is 0 Å². The third-order valence-electron chi connectivity index (χ3n) is 3.81. The van der Waals surface area contributed by atoms with E-state index < -0.39 is 5.91 Å². The molecule has 1 amide bonds. The number of nitrogens with zero attached hydrogens (tertiary/aromatic N) is 1. The molecule has 146 valence electrons. The second-order valence-corrected chi connectivity index (χ2v) is 5.99. The fourth-order valence-corrected chi connectivity index (χ4v) is 2.34. The van der Waals surface area contributed by atoms with Crippen LogP contribution in [0.15, 0.2) is 53.5 Å². The van der Waals surface area contributed by atoms with Crippen LogP contribution in [0.2, 0.25) is 0 Å². The van der Waals surface area contributed by atoms with Crippen LogP contribution in [0, 0.1) is 6.92 Å². The van der Waals surface area contributed by atoms with Gasteiger partial charge >= 0.3 is 0 Å². The maximum Gasteiger partial charge on any atom is 0.255 e. The number of hydrogen-bond acceptors (Lipinski definition) is 3. The SMILES string of the molecule is CN=C(NCCc1ccc(OCC(N)=O)cc1)NCc1ccc(C)cc1.I. The number of nitrogens with two attached hydrogens (primary N) is 1. The molecule has 0 spiro atoms. The zero-order valence-corrected chi connectivity index (χ0v) is 18.0. The first-order valence-corrected chi connectivity index (χ1v) is 8.57. The van der Waals surface area contributed by atoms with Crippen molar-refractivity contribution in [1.29, 1.82) is 0 Å². The van der Waals surface area contributed by atoms with Crippen molar-refractivity contribution in [2.75, 3.05) is 20.2 Å². The molecule has 0 aliphatic rings. The molecular weight excluding hydrogens is 455 g/mol. The van der Waals surface area contributed by atoms with E-state index in [0.29, 0.717) is 5.75 Å². The molecule has 7 heteroatoms. The van der Waals surface area contributed by atoms with Crippen molar-refractivity contribution in [3.63, 3.8) is 0 Å². The lowest BCUT2D eigenvalue weighted by atomic mass is 10.1. The minimum Gasteiger partial charge on any atom is -0.484 e. The van der Waals surface area contributed by atoms with Crippen LogP contribution in [0.25, 0.3) is 0 Å². The first-order chi connectivity index (χ1) is 12.6.